The molecule has 0 saturated heterocycles. The largest absolute Gasteiger partial charge is 0.550 e. The summed E-state index contributed by atoms with van der Waals surface area (Å²) in [6, 6.07) is 5.78. The molecule has 1 N–H and O–H groups in total. The maximum Gasteiger partial charge on any atom is 0.224 e. The topological polar surface area (TPSA) is 69.2 Å². The molecule has 0 saturated carbocycles. The highest BCUT2D eigenvalue weighted by Gasteiger charge is 2.29. The van der Waals surface area contributed by atoms with Gasteiger partial charge in [0.05, 0.1) is 0 Å². The molecule has 0 aliphatic heterocycles. The van der Waals surface area contributed by atoms with Crippen molar-refractivity contribution in [3.05, 3.63) is 47.8 Å². The summed E-state index contributed by atoms with van der Waals surface area (Å²) in [5.41, 5.74) is 0.760. The second-order valence-corrected chi connectivity index (χ2v) is 4.82. The van der Waals surface area contributed by atoms with E-state index in [-0.39, 0.29) is 18.3 Å². The number of aliphatic carboxylic acids is 1. The Balaban J connectivity index is 1.95. The summed E-state index contributed by atoms with van der Waals surface area (Å²) in [4.78, 5) is 23.1. The van der Waals surface area contributed by atoms with Gasteiger partial charge in [-0.2, -0.15) is 0 Å². The first-order valence-electron chi connectivity index (χ1n) is 6.46. The zero-order chi connectivity index (χ0) is 14.5. The maximum atomic E-state index is 12.7. The van der Waals surface area contributed by atoms with Crippen molar-refractivity contribution in [2.75, 3.05) is 0 Å². The van der Waals surface area contributed by atoms with Crippen LogP contribution in [0, 0.1) is 17.7 Å². The number of carbonyl (C=O) groups is 2. The number of hydrogen-bond donors (Lipinski definition) is 1. The van der Waals surface area contributed by atoms with E-state index in [9.17, 15) is 19.1 Å². The molecule has 0 bridgehead atoms. The molecule has 1 aliphatic carbocycles. The summed E-state index contributed by atoms with van der Waals surface area (Å²) in [6.45, 7) is 0.249. The number of halogens is 1. The molecular weight excluding hydrogens is 261 g/mol. The summed E-state index contributed by atoms with van der Waals surface area (Å²) < 4.78 is 12.7. The third-order valence-corrected chi connectivity index (χ3v) is 3.45. The SMILES string of the molecule is O=C(NCc1ccc(F)cc1)[C@H]1CC=CC[C@H]1C(=O)[O-]. The number of amides is 1. The van der Waals surface area contributed by atoms with Crippen LogP contribution in [0.4, 0.5) is 4.39 Å². The molecule has 20 heavy (non-hydrogen) atoms. The van der Waals surface area contributed by atoms with Crippen molar-refractivity contribution in [3.8, 4) is 0 Å². The van der Waals surface area contributed by atoms with Crippen LogP contribution in [0.2, 0.25) is 0 Å². The van der Waals surface area contributed by atoms with Crippen molar-refractivity contribution < 1.29 is 19.1 Å². The predicted octanol–water partition coefficient (Wildman–Crippen LogP) is 0.774. The van der Waals surface area contributed by atoms with Gasteiger partial charge in [0.15, 0.2) is 0 Å². The summed E-state index contributed by atoms with van der Waals surface area (Å²) in [7, 11) is 0. The second-order valence-electron chi connectivity index (χ2n) is 4.82. The molecular formula is C15H15FNO3-. The van der Waals surface area contributed by atoms with Crippen LogP contribution in [-0.4, -0.2) is 11.9 Å². The highest BCUT2D eigenvalue weighted by Crippen LogP contribution is 2.25. The van der Waals surface area contributed by atoms with Gasteiger partial charge < -0.3 is 15.2 Å². The molecule has 106 valence electrons. The van der Waals surface area contributed by atoms with E-state index in [1.807, 2.05) is 6.08 Å². The highest BCUT2D eigenvalue weighted by atomic mass is 19.1. The van der Waals surface area contributed by atoms with Gasteiger partial charge in [-0.05, 0) is 30.5 Å². The van der Waals surface area contributed by atoms with Crippen LogP contribution in [0.3, 0.4) is 0 Å². The fourth-order valence-corrected chi connectivity index (χ4v) is 2.29. The number of carboxylic acid groups (broad SMARTS) is 1. The molecule has 5 heteroatoms. The molecule has 0 radical (unpaired) electrons. The molecule has 0 spiro atoms. The van der Waals surface area contributed by atoms with Gasteiger partial charge in [-0.25, -0.2) is 4.39 Å². The van der Waals surface area contributed by atoms with E-state index in [1.54, 1.807) is 18.2 Å². The van der Waals surface area contributed by atoms with Crippen LogP contribution in [0.15, 0.2) is 36.4 Å². The number of nitrogens with one attached hydrogen (secondary N) is 1. The molecule has 0 heterocycles. The number of rotatable bonds is 4. The Bertz CT molecular complexity index is 524. The van der Waals surface area contributed by atoms with Crippen LogP contribution < -0.4 is 10.4 Å². The Morgan fingerprint density at radius 3 is 2.35 bits per heavy atom. The Hall–Kier alpha value is -2.17. The van der Waals surface area contributed by atoms with Gasteiger partial charge in [-0.1, -0.05) is 24.3 Å². The third-order valence-electron chi connectivity index (χ3n) is 3.45. The monoisotopic (exact) mass is 276 g/mol. The van der Waals surface area contributed by atoms with Crippen LogP contribution in [0.1, 0.15) is 18.4 Å². The minimum atomic E-state index is -1.20. The fourth-order valence-electron chi connectivity index (χ4n) is 2.29. The normalized spacial score (nSPS) is 21.4. The average Bonchev–Trinajstić information content (AvgIpc) is 2.46. The standard InChI is InChI=1S/C15H16FNO3/c16-11-7-5-10(6-8-11)9-17-14(18)12-3-1-2-4-13(12)15(19)20/h1-2,5-8,12-13H,3-4,9H2,(H,17,18)(H,19,20)/p-1/t12-,13+/m0/s1. The first kappa shape index (κ1) is 14.2. The Labute approximate surface area is 116 Å². The molecule has 1 aliphatic rings. The summed E-state index contributed by atoms with van der Waals surface area (Å²) in [5.74, 6) is -3.24. The molecule has 4 nitrogen and oxygen atoms in total. The van der Waals surface area contributed by atoms with E-state index in [0.717, 1.165) is 5.56 Å². The molecule has 1 aromatic rings. The fraction of sp³-hybridized carbons (Fsp3) is 0.333. The van der Waals surface area contributed by atoms with Gasteiger partial charge >= 0.3 is 0 Å². The zero-order valence-electron chi connectivity index (χ0n) is 10.8. The number of hydrogen-bond acceptors (Lipinski definition) is 3. The molecule has 1 aromatic carbocycles. The van der Waals surface area contributed by atoms with Gasteiger partial charge in [-0.15, -0.1) is 0 Å². The van der Waals surface area contributed by atoms with Crippen LogP contribution in [0.25, 0.3) is 0 Å². The van der Waals surface area contributed by atoms with Crippen molar-refractivity contribution in [2.24, 2.45) is 11.8 Å². The molecule has 0 fully saturated rings. The van der Waals surface area contributed by atoms with E-state index in [4.69, 9.17) is 0 Å². The lowest BCUT2D eigenvalue weighted by Gasteiger charge is -2.28. The number of benzene rings is 1. The number of carboxylic acids is 1. The number of allylic oxidation sites excluding steroid dienone is 2. The lowest BCUT2D eigenvalue weighted by atomic mass is 9.82. The lowest BCUT2D eigenvalue weighted by Crippen LogP contribution is -2.43. The average molecular weight is 276 g/mol. The number of carbonyl (C=O) groups excluding carboxylic acids is 2. The van der Waals surface area contributed by atoms with E-state index < -0.39 is 17.8 Å². The molecule has 0 unspecified atom stereocenters. The lowest BCUT2D eigenvalue weighted by molar-refractivity contribution is -0.313. The van der Waals surface area contributed by atoms with Gasteiger partial charge in [0.1, 0.15) is 5.82 Å². The minimum Gasteiger partial charge on any atom is -0.550 e. The van der Waals surface area contributed by atoms with Crippen molar-refractivity contribution in [2.45, 2.75) is 19.4 Å². The third kappa shape index (κ3) is 3.44. The van der Waals surface area contributed by atoms with E-state index >= 15 is 0 Å². The summed E-state index contributed by atoms with van der Waals surface area (Å²) in [6.07, 6.45) is 4.27. The molecule has 2 rings (SSSR count). The van der Waals surface area contributed by atoms with Gasteiger partial charge in [-0.3, -0.25) is 4.79 Å². The zero-order valence-corrected chi connectivity index (χ0v) is 10.8. The Morgan fingerprint density at radius 2 is 1.75 bits per heavy atom. The molecule has 2 atom stereocenters. The van der Waals surface area contributed by atoms with Gasteiger partial charge in [0, 0.05) is 24.3 Å². The Morgan fingerprint density at radius 1 is 1.15 bits per heavy atom. The summed E-state index contributed by atoms with van der Waals surface area (Å²) in [5, 5.41) is 13.7. The van der Waals surface area contributed by atoms with Crippen LogP contribution >= 0.6 is 0 Å². The van der Waals surface area contributed by atoms with Gasteiger partial charge in [0.2, 0.25) is 5.91 Å². The van der Waals surface area contributed by atoms with Crippen molar-refractivity contribution in [3.63, 3.8) is 0 Å². The molecule has 1 amide bonds. The summed E-state index contributed by atoms with van der Waals surface area (Å²) >= 11 is 0. The smallest absolute Gasteiger partial charge is 0.224 e. The molecule has 0 aromatic heterocycles. The Kier molecular flexibility index (Phi) is 4.50. The van der Waals surface area contributed by atoms with Crippen molar-refractivity contribution >= 4 is 11.9 Å². The quantitative estimate of drug-likeness (QED) is 0.826. The first-order chi connectivity index (χ1) is 9.58. The van der Waals surface area contributed by atoms with Crippen LogP contribution in [0.5, 0.6) is 0 Å². The minimum absolute atomic E-state index is 0.249. The van der Waals surface area contributed by atoms with Crippen LogP contribution in [-0.2, 0) is 16.1 Å². The second kappa shape index (κ2) is 6.32. The van der Waals surface area contributed by atoms with E-state index in [1.165, 1.54) is 12.1 Å². The first-order valence-corrected chi connectivity index (χ1v) is 6.46. The highest BCUT2D eigenvalue weighted by molar-refractivity contribution is 5.84. The van der Waals surface area contributed by atoms with E-state index in [2.05, 4.69) is 5.32 Å². The van der Waals surface area contributed by atoms with E-state index in [0.29, 0.717) is 12.8 Å². The van der Waals surface area contributed by atoms with Crippen molar-refractivity contribution in [1.29, 1.82) is 0 Å². The van der Waals surface area contributed by atoms with Crippen molar-refractivity contribution in [1.82, 2.24) is 5.32 Å². The van der Waals surface area contributed by atoms with Gasteiger partial charge in [0.25, 0.3) is 0 Å². The maximum absolute atomic E-state index is 12.7. The predicted molar refractivity (Wildman–Crippen MR) is 68.6 cm³/mol.